The van der Waals surface area contributed by atoms with Gasteiger partial charge in [-0.2, -0.15) is 0 Å². The molecule has 0 heterocycles. The molecule has 1 unspecified atom stereocenters. The highest BCUT2D eigenvalue weighted by Crippen LogP contribution is 2.14. The van der Waals surface area contributed by atoms with Crippen LogP contribution in [0.3, 0.4) is 0 Å². The molecule has 0 aliphatic carbocycles. The highest BCUT2D eigenvalue weighted by molar-refractivity contribution is 5.14. The van der Waals surface area contributed by atoms with Crippen molar-refractivity contribution in [2.45, 2.75) is 199 Å². The second kappa shape index (κ2) is 35.9. The first-order chi connectivity index (χ1) is 22.0. The largest absolute Gasteiger partial charge is 0.377 e. The predicted molar refractivity (Wildman–Crippen MR) is 201 cm³/mol. The summed E-state index contributed by atoms with van der Waals surface area (Å²) in [6.07, 6.45) is 46.5. The van der Waals surface area contributed by atoms with Gasteiger partial charge in [-0.3, -0.25) is 5.73 Å². The van der Waals surface area contributed by atoms with Crippen LogP contribution in [0.4, 0.5) is 0 Å². The molecule has 0 saturated carbocycles. The van der Waals surface area contributed by atoms with Crippen LogP contribution in [0, 0.1) is 0 Å². The Balaban J connectivity index is 3.65. The van der Waals surface area contributed by atoms with Crippen molar-refractivity contribution in [3.8, 4) is 0 Å². The zero-order valence-corrected chi connectivity index (χ0v) is 31.0. The molecule has 4 nitrogen and oxygen atoms in total. The van der Waals surface area contributed by atoms with Gasteiger partial charge in [-0.1, -0.05) is 154 Å². The lowest BCUT2D eigenvalue weighted by molar-refractivity contribution is -0.511. The third kappa shape index (κ3) is 35.7. The molecule has 45 heavy (non-hydrogen) atoms. The van der Waals surface area contributed by atoms with Gasteiger partial charge < -0.3 is 9.47 Å². The summed E-state index contributed by atoms with van der Waals surface area (Å²) in [5, 5.41) is 0. The maximum Gasteiger partial charge on any atom is 0.199 e. The molecule has 0 aromatic rings. The van der Waals surface area contributed by atoms with E-state index in [1.807, 2.05) is 11.6 Å². The fraction of sp³-hybridized carbons (Fsp3) is 0.878. The van der Waals surface area contributed by atoms with E-state index in [-0.39, 0.29) is 0 Å². The van der Waals surface area contributed by atoms with Crippen molar-refractivity contribution < 1.29 is 14.0 Å². The van der Waals surface area contributed by atoms with Crippen LogP contribution < -0.4 is 5.73 Å². The minimum atomic E-state index is -0.775. The van der Waals surface area contributed by atoms with Gasteiger partial charge >= 0.3 is 0 Å². The molecule has 0 saturated heterocycles. The highest BCUT2D eigenvalue weighted by atomic mass is 16.6. The first-order valence-corrected chi connectivity index (χ1v) is 19.9. The molecular weight excluding hydrogens is 552 g/mol. The molecule has 0 bridgehead atoms. The van der Waals surface area contributed by atoms with Gasteiger partial charge in [0.25, 0.3) is 0 Å². The van der Waals surface area contributed by atoms with Crippen molar-refractivity contribution in [3.05, 3.63) is 24.3 Å². The van der Waals surface area contributed by atoms with Crippen molar-refractivity contribution >= 4 is 6.72 Å². The Kier molecular flexibility index (Phi) is 35.1. The summed E-state index contributed by atoms with van der Waals surface area (Å²) >= 11 is 0. The minimum absolute atomic E-state index is 0.437. The molecule has 0 spiro atoms. The van der Waals surface area contributed by atoms with Crippen LogP contribution in [0.25, 0.3) is 0 Å². The summed E-state index contributed by atoms with van der Waals surface area (Å²) in [6.45, 7) is 11.0. The van der Waals surface area contributed by atoms with E-state index in [0.29, 0.717) is 19.8 Å². The molecule has 266 valence electrons. The Hall–Kier alpha value is -0.970. The Bertz CT molecular complexity index is 662. The Morgan fingerprint density at radius 2 is 0.844 bits per heavy atom. The van der Waals surface area contributed by atoms with Crippen molar-refractivity contribution in [2.24, 2.45) is 5.73 Å². The normalized spacial score (nSPS) is 13.3. The van der Waals surface area contributed by atoms with Crippen LogP contribution >= 0.6 is 0 Å². The van der Waals surface area contributed by atoms with Gasteiger partial charge in [0.05, 0.1) is 6.61 Å². The Morgan fingerprint density at radius 3 is 1.24 bits per heavy atom. The molecule has 0 aromatic heterocycles. The molecule has 0 radical (unpaired) electrons. The van der Waals surface area contributed by atoms with Crippen molar-refractivity contribution in [1.82, 2.24) is 0 Å². The third-order valence-corrected chi connectivity index (χ3v) is 8.73. The van der Waals surface area contributed by atoms with E-state index in [1.165, 1.54) is 167 Å². The minimum Gasteiger partial charge on any atom is -0.377 e. The second-order valence-electron chi connectivity index (χ2n) is 13.9. The molecule has 0 amide bonds. The van der Waals surface area contributed by atoms with Crippen LogP contribution in [0.5, 0.6) is 0 Å². The summed E-state index contributed by atoms with van der Waals surface area (Å²) in [7, 11) is 1.95. The molecule has 0 aliphatic rings. The van der Waals surface area contributed by atoms with Gasteiger partial charge in [-0.15, -0.1) is 0 Å². The molecule has 1 atom stereocenters. The van der Waals surface area contributed by atoms with Gasteiger partial charge in [-0.05, 0) is 64.2 Å². The monoisotopic (exact) mass is 634 g/mol. The average molecular weight is 634 g/mol. The Morgan fingerprint density at radius 1 is 0.511 bits per heavy atom. The number of allylic oxidation sites excluding steroid dienone is 4. The van der Waals surface area contributed by atoms with E-state index < -0.39 is 5.72 Å². The van der Waals surface area contributed by atoms with Gasteiger partial charge in [0.15, 0.2) is 12.3 Å². The number of hydrogen-bond donors (Lipinski definition) is 1. The summed E-state index contributed by atoms with van der Waals surface area (Å²) in [4.78, 5) is 0. The Labute approximate surface area is 283 Å². The van der Waals surface area contributed by atoms with Crippen molar-refractivity contribution in [1.29, 1.82) is 0 Å². The quantitative estimate of drug-likeness (QED) is 0.0243. The summed E-state index contributed by atoms with van der Waals surface area (Å²) in [5.41, 5.74) is 5.82. The number of ether oxygens (including phenoxy) is 2. The lowest BCUT2D eigenvalue weighted by Crippen LogP contribution is -2.53. The predicted octanol–water partition coefficient (Wildman–Crippen LogP) is 12.1. The molecule has 0 aliphatic heterocycles. The van der Waals surface area contributed by atoms with E-state index in [4.69, 9.17) is 15.2 Å². The summed E-state index contributed by atoms with van der Waals surface area (Å²) < 4.78 is 14.0. The van der Waals surface area contributed by atoms with Crippen molar-refractivity contribution in [3.63, 3.8) is 0 Å². The van der Waals surface area contributed by atoms with E-state index >= 15 is 0 Å². The van der Waals surface area contributed by atoms with Crippen LogP contribution in [-0.2, 0) is 9.47 Å². The lowest BCUT2D eigenvalue weighted by Gasteiger charge is -2.27. The number of likely N-dealkylation sites (N-methyl/N-ethyl adjacent to an activating group) is 1. The third-order valence-electron chi connectivity index (χ3n) is 8.73. The van der Waals surface area contributed by atoms with Crippen molar-refractivity contribution in [2.75, 3.05) is 33.4 Å². The number of rotatable bonds is 37. The fourth-order valence-electron chi connectivity index (χ4n) is 5.91. The zero-order valence-electron chi connectivity index (χ0n) is 31.0. The topological polar surface area (TPSA) is 47.5 Å². The summed E-state index contributed by atoms with van der Waals surface area (Å²) in [6, 6.07) is 0. The molecule has 4 heteroatoms. The molecule has 0 rings (SSSR count). The number of unbranched alkanes of at least 4 members (excludes halogenated alkanes) is 24. The smallest absolute Gasteiger partial charge is 0.199 e. The van der Waals surface area contributed by atoms with E-state index in [1.54, 1.807) is 0 Å². The zero-order chi connectivity index (χ0) is 32.9. The van der Waals surface area contributed by atoms with Gasteiger partial charge in [0.1, 0.15) is 13.8 Å². The fourth-order valence-corrected chi connectivity index (χ4v) is 5.91. The first kappa shape index (κ1) is 44.0. The average Bonchev–Trinajstić information content (AvgIpc) is 3.01. The maximum absolute atomic E-state index is 6.60. The van der Waals surface area contributed by atoms with Gasteiger partial charge in [0, 0.05) is 13.2 Å². The maximum atomic E-state index is 6.60. The first-order valence-electron chi connectivity index (χ1n) is 19.9. The highest BCUT2D eigenvalue weighted by Gasteiger charge is 2.30. The second-order valence-corrected chi connectivity index (χ2v) is 13.9. The molecular formula is C41H81N2O2+. The van der Waals surface area contributed by atoms with E-state index in [2.05, 4.69) is 44.9 Å². The van der Waals surface area contributed by atoms with Crippen LogP contribution in [0.2, 0.25) is 0 Å². The van der Waals surface area contributed by atoms with Crippen LogP contribution in [-0.4, -0.2) is 50.4 Å². The molecule has 0 aromatic carbocycles. The van der Waals surface area contributed by atoms with Gasteiger partial charge in [-0.25, -0.2) is 4.58 Å². The number of nitrogens with two attached hydrogens (primary N) is 1. The lowest BCUT2D eigenvalue weighted by atomic mass is 10.1. The van der Waals surface area contributed by atoms with E-state index in [0.717, 1.165) is 19.4 Å². The number of nitrogens with zero attached hydrogens (tertiary/aromatic N) is 1. The summed E-state index contributed by atoms with van der Waals surface area (Å²) in [5.74, 6) is 0. The van der Waals surface area contributed by atoms with Crippen LogP contribution in [0.15, 0.2) is 24.3 Å². The molecule has 2 N–H and O–H groups in total. The SMILES string of the molecule is C=[N+](C)CC(N)(COCCCCCCCCCC/C=C/CCCCCC)OCCCCCCCC/C=C/CCCCCCCC. The van der Waals surface area contributed by atoms with Gasteiger partial charge in [0.2, 0.25) is 0 Å². The van der Waals surface area contributed by atoms with E-state index in [9.17, 15) is 0 Å². The standard InChI is InChI=1S/C41H81N2O2/c1-5-7-9-11-13-15-17-19-21-23-25-27-29-31-33-35-37-44-40-41(42,39-43(3)4)45-38-36-34-32-30-28-26-24-22-20-18-16-14-12-10-8-6-2/h15,17,20,22H,3,5-14,16,18-19,21,23-40,42H2,1-2,4H3/q+1/b17-15+,22-20+. The van der Waals surface area contributed by atoms with Crippen LogP contribution in [0.1, 0.15) is 194 Å². The molecule has 0 fully saturated rings. The number of hydrogen-bond acceptors (Lipinski definition) is 3.